The number of carbonyl (C=O) groups is 2. The Bertz CT molecular complexity index is 947. The molecule has 1 unspecified atom stereocenters. The molecule has 29 heavy (non-hydrogen) atoms. The summed E-state index contributed by atoms with van der Waals surface area (Å²) in [6, 6.07) is 8.20. The van der Waals surface area contributed by atoms with Gasteiger partial charge in [0.1, 0.15) is 6.04 Å². The summed E-state index contributed by atoms with van der Waals surface area (Å²) in [5.41, 5.74) is 7.59. The standard InChI is InChI=1S/C21H22N6O2/c1-24-13-2-4-14(5-3-13)26-16-8-19(21(26)29)25(10-16)11-17(23)20(28)27-15(9-22)6-12-7-18(12)27/h2-5,12,15-19H,6-8,10-11,23H2/t12?,15-,16+,17-,18-,19+/m0/s1. The zero-order valence-electron chi connectivity index (χ0n) is 15.9. The second kappa shape index (κ2) is 6.55. The maximum atomic E-state index is 12.9. The van der Waals surface area contributed by atoms with Crippen molar-refractivity contribution in [3.8, 4) is 6.07 Å². The third-order valence-corrected chi connectivity index (χ3v) is 6.78. The van der Waals surface area contributed by atoms with Crippen LogP contribution in [0.5, 0.6) is 0 Å². The molecule has 5 rings (SSSR count). The molecule has 4 aliphatic rings. The van der Waals surface area contributed by atoms with Crippen LogP contribution in [0.1, 0.15) is 19.3 Å². The number of piperidine rings is 1. The lowest BCUT2D eigenvalue weighted by molar-refractivity contribution is -0.135. The van der Waals surface area contributed by atoms with E-state index in [0.29, 0.717) is 24.7 Å². The molecule has 6 atom stereocenters. The molecular formula is C21H22N6O2. The first-order valence-corrected chi connectivity index (χ1v) is 10.0. The molecule has 0 aromatic heterocycles. The second-order valence-corrected chi connectivity index (χ2v) is 8.49. The molecule has 8 heteroatoms. The fourth-order valence-electron chi connectivity index (χ4n) is 5.30. The Labute approximate surface area is 169 Å². The lowest BCUT2D eigenvalue weighted by atomic mass is 10.1. The fourth-order valence-corrected chi connectivity index (χ4v) is 5.30. The number of benzene rings is 1. The minimum absolute atomic E-state index is 0.0230. The first-order valence-electron chi connectivity index (χ1n) is 10.0. The summed E-state index contributed by atoms with van der Waals surface area (Å²) in [4.78, 5) is 34.7. The largest absolute Gasteiger partial charge is 0.322 e. The van der Waals surface area contributed by atoms with Crippen molar-refractivity contribution < 1.29 is 9.59 Å². The van der Waals surface area contributed by atoms with Crippen molar-refractivity contribution in [3.63, 3.8) is 0 Å². The van der Waals surface area contributed by atoms with Crippen LogP contribution >= 0.6 is 0 Å². The van der Waals surface area contributed by atoms with E-state index in [1.807, 2.05) is 21.9 Å². The molecule has 148 valence electrons. The van der Waals surface area contributed by atoms with Gasteiger partial charge in [-0.1, -0.05) is 12.1 Å². The quantitative estimate of drug-likeness (QED) is 0.769. The average Bonchev–Trinajstić information content (AvgIpc) is 3.07. The van der Waals surface area contributed by atoms with Crippen LogP contribution in [0, 0.1) is 23.8 Å². The van der Waals surface area contributed by atoms with E-state index in [1.54, 1.807) is 17.0 Å². The highest BCUT2D eigenvalue weighted by Crippen LogP contribution is 2.47. The lowest BCUT2D eigenvalue weighted by Crippen LogP contribution is -2.57. The highest BCUT2D eigenvalue weighted by atomic mass is 16.2. The van der Waals surface area contributed by atoms with E-state index in [-0.39, 0.29) is 36.0 Å². The zero-order valence-corrected chi connectivity index (χ0v) is 15.9. The zero-order chi connectivity index (χ0) is 20.3. The van der Waals surface area contributed by atoms with Crippen molar-refractivity contribution in [2.45, 2.75) is 49.5 Å². The molecule has 4 fully saturated rings. The predicted octanol–water partition coefficient (Wildman–Crippen LogP) is 0.867. The van der Waals surface area contributed by atoms with Gasteiger partial charge in [-0.15, -0.1) is 0 Å². The van der Waals surface area contributed by atoms with Gasteiger partial charge in [-0.05, 0) is 37.3 Å². The minimum atomic E-state index is -0.719. The maximum Gasteiger partial charge on any atom is 0.244 e. The Morgan fingerprint density at radius 1 is 1.31 bits per heavy atom. The van der Waals surface area contributed by atoms with Gasteiger partial charge in [0.15, 0.2) is 5.69 Å². The van der Waals surface area contributed by atoms with Gasteiger partial charge >= 0.3 is 0 Å². The molecule has 1 aromatic rings. The number of fused-ring (bicyclic) bond motifs is 3. The van der Waals surface area contributed by atoms with E-state index in [0.717, 1.165) is 24.9 Å². The maximum absolute atomic E-state index is 12.9. The number of nitrogens with zero attached hydrogens (tertiary/aromatic N) is 5. The van der Waals surface area contributed by atoms with Crippen molar-refractivity contribution in [3.05, 3.63) is 35.7 Å². The van der Waals surface area contributed by atoms with Gasteiger partial charge in [-0.3, -0.25) is 14.5 Å². The number of anilines is 1. The van der Waals surface area contributed by atoms with Gasteiger partial charge in [0.25, 0.3) is 0 Å². The van der Waals surface area contributed by atoms with Crippen LogP contribution in [0.2, 0.25) is 0 Å². The average molecular weight is 390 g/mol. The number of likely N-dealkylation sites (tertiary alicyclic amines) is 2. The van der Waals surface area contributed by atoms with Crippen LogP contribution in [0.15, 0.2) is 24.3 Å². The molecule has 8 nitrogen and oxygen atoms in total. The Kier molecular flexibility index (Phi) is 4.09. The second-order valence-electron chi connectivity index (χ2n) is 8.49. The number of nitrogens with two attached hydrogens (primary N) is 1. The normalized spacial score (nSPS) is 33.3. The summed E-state index contributed by atoms with van der Waals surface area (Å²) in [5, 5.41) is 9.32. The molecule has 3 heterocycles. The van der Waals surface area contributed by atoms with Crippen molar-refractivity contribution in [1.82, 2.24) is 9.80 Å². The summed E-state index contributed by atoms with van der Waals surface area (Å²) < 4.78 is 0. The number of piperazine rings is 1. The van der Waals surface area contributed by atoms with Crippen LogP contribution in [0.4, 0.5) is 11.4 Å². The Hall–Kier alpha value is -2.94. The lowest BCUT2D eigenvalue weighted by Gasteiger charge is -2.35. The number of hydrogen-bond acceptors (Lipinski definition) is 5. The van der Waals surface area contributed by atoms with Gasteiger partial charge in [0, 0.05) is 24.8 Å². The summed E-state index contributed by atoms with van der Waals surface area (Å²) in [5.74, 6) is 0.320. The predicted molar refractivity (Wildman–Crippen MR) is 105 cm³/mol. The summed E-state index contributed by atoms with van der Waals surface area (Å²) in [6.45, 7) is 8.06. The molecule has 0 spiro atoms. The van der Waals surface area contributed by atoms with Crippen LogP contribution in [-0.4, -0.2) is 64.9 Å². The summed E-state index contributed by atoms with van der Waals surface area (Å²) >= 11 is 0. The Balaban J connectivity index is 1.24. The smallest absolute Gasteiger partial charge is 0.244 e. The number of hydrogen-bond donors (Lipinski definition) is 1. The monoisotopic (exact) mass is 390 g/mol. The SMILES string of the molecule is [C-]#[N+]c1ccc(N2C(=O)[C@H]3C[C@@H]2CN3C[C@H](N)C(=O)N2[C@H](C#N)CC3C[C@@H]32)cc1. The summed E-state index contributed by atoms with van der Waals surface area (Å²) in [6.07, 6.45) is 2.46. The van der Waals surface area contributed by atoms with E-state index in [4.69, 9.17) is 12.3 Å². The van der Waals surface area contributed by atoms with Gasteiger partial charge in [-0.25, -0.2) is 4.85 Å². The molecule has 2 amide bonds. The highest BCUT2D eigenvalue weighted by molar-refractivity contribution is 6.01. The van der Waals surface area contributed by atoms with Gasteiger partial charge in [0.05, 0.1) is 30.8 Å². The van der Waals surface area contributed by atoms with Gasteiger partial charge in [-0.2, -0.15) is 5.26 Å². The van der Waals surface area contributed by atoms with Crippen molar-refractivity contribution in [2.24, 2.45) is 11.7 Å². The Morgan fingerprint density at radius 2 is 2.07 bits per heavy atom. The van der Waals surface area contributed by atoms with E-state index >= 15 is 0 Å². The van der Waals surface area contributed by atoms with Gasteiger partial charge in [0.2, 0.25) is 11.8 Å². The molecular weight excluding hydrogens is 368 g/mol. The van der Waals surface area contributed by atoms with E-state index in [1.165, 1.54) is 0 Å². The number of amides is 2. The van der Waals surface area contributed by atoms with Crippen LogP contribution in [0.3, 0.4) is 0 Å². The third-order valence-electron chi connectivity index (χ3n) is 6.78. The van der Waals surface area contributed by atoms with E-state index in [2.05, 4.69) is 10.9 Å². The van der Waals surface area contributed by atoms with Crippen molar-refractivity contribution in [2.75, 3.05) is 18.0 Å². The van der Waals surface area contributed by atoms with Crippen LogP contribution in [-0.2, 0) is 9.59 Å². The minimum Gasteiger partial charge on any atom is -0.322 e. The topological polar surface area (TPSA) is 98.0 Å². The molecule has 0 radical (unpaired) electrons. The fraction of sp³-hybridized carbons (Fsp3) is 0.524. The van der Waals surface area contributed by atoms with Gasteiger partial charge < -0.3 is 15.5 Å². The highest BCUT2D eigenvalue weighted by Gasteiger charge is 2.55. The molecule has 2 bridgehead atoms. The molecule has 3 aliphatic heterocycles. The number of nitriles is 1. The van der Waals surface area contributed by atoms with E-state index < -0.39 is 6.04 Å². The first kappa shape index (κ1) is 18.1. The number of carbonyl (C=O) groups excluding carboxylic acids is 2. The molecule has 1 saturated carbocycles. The third kappa shape index (κ3) is 2.79. The number of rotatable bonds is 4. The Morgan fingerprint density at radius 3 is 2.72 bits per heavy atom. The molecule has 2 N–H and O–H groups in total. The molecule has 1 aliphatic carbocycles. The van der Waals surface area contributed by atoms with Crippen LogP contribution in [0.25, 0.3) is 4.85 Å². The van der Waals surface area contributed by atoms with Crippen molar-refractivity contribution >= 4 is 23.2 Å². The summed E-state index contributed by atoms with van der Waals surface area (Å²) in [7, 11) is 0. The van der Waals surface area contributed by atoms with Crippen LogP contribution < -0.4 is 10.6 Å². The molecule has 1 aromatic carbocycles. The molecule has 3 saturated heterocycles. The first-order chi connectivity index (χ1) is 14.0. The van der Waals surface area contributed by atoms with Crippen molar-refractivity contribution in [1.29, 1.82) is 5.26 Å². The van der Waals surface area contributed by atoms with E-state index in [9.17, 15) is 14.9 Å².